The Kier molecular flexibility index (Phi) is 7.76. The molecule has 1 aromatic carbocycles. The number of halogens is 1. The zero-order valence-electron chi connectivity index (χ0n) is 21.1. The van der Waals surface area contributed by atoms with Crippen molar-refractivity contribution in [3.63, 3.8) is 0 Å². The van der Waals surface area contributed by atoms with Gasteiger partial charge in [0, 0.05) is 43.3 Å². The second-order valence-electron chi connectivity index (χ2n) is 8.91. The van der Waals surface area contributed by atoms with Gasteiger partial charge in [-0.05, 0) is 24.4 Å². The molecule has 0 unspecified atom stereocenters. The molecule has 200 valence electrons. The van der Waals surface area contributed by atoms with Crippen LogP contribution < -0.4 is 10.5 Å². The Hall–Kier alpha value is -4.02. The number of rotatable bonds is 7. The van der Waals surface area contributed by atoms with E-state index in [0.717, 1.165) is 0 Å². The van der Waals surface area contributed by atoms with Crippen LogP contribution in [0.3, 0.4) is 0 Å². The molecule has 39 heavy (non-hydrogen) atoms. The van der Waals surface area contributed by atoms with Gasteiger partial charge in [0.15, 0.2) is 5.78 Å². The molecule has 4 heterocycles. The molecular weight excluding hydrogens is 540 g/mol. The fourth-order valence-electron chi connectivity index (χ4n) is 4.70. The molecule has 9 nitrogen and oxygen atoms in total. The Balaban J connectivity index is 1.59. The number of hydrogen-bond donors (Lipinski definition) is 0. The van der Waals surface area contributed by atoms with Gasteiger partial charge in [0.05, 0.1) is 28.7 Å². The Morgan fingerprint density at radius 1 is 1.05 bits per heavy atom. The number of thiophene rings is 1. The number of ether oxygens (including phenoxy) is 1. The van der Waals surface area contributed by atoms with E-state index in [9.17, 15) is 19.2 Å². The van der Waals surface area contributed by atoms with Crippen molar-refractivity contribution in [2.45, 2.75) is 13.5 Å². The molecule has 0 radical (unpaired) electrons. The lowest BCUT2D eigenvalue weighted by Crippen LogP contribution is -2.49. The van der Waals surface area contributed by atoms with Gasteiger partial charge >= 0.3 is 5.97 Å². The number of carbonyl (C=O) groups excluding carboxylic acids is 3. The maximum Gasteiger partial charge on any atom is 0.345 e. The SMILES string of the molecule is CCOC(=O)c1c(N2CCN(C(=O)c3cccs3)CC2)c2cc(Cl)cnc2n(CC(=O)c2ccccc2)c1=O. The largest absolute Gasteiger partial charge is 0.462 e. The van der Waals surface area contributed by atoms with Crippen molar-refractivity contribution in [2.24, 2.45) is 0 Å². The summed E-state index contributed by atoms with van der Waals surface area (Å²) in [6.07, 6.45) is 1.40. The monoisotopic (exact) mass is 564 g/mol. The highest BCUT2D eigenvalue weighted by atomic mass is 35.5. The van der Waals surface area contributed by atoms with Crippen LogP contribution >= 0.6 is 22.9 Å². The predicted molar refractivity (Wildman–Crippen MR) is 150 cm³/mol. The van der Waals surface area contributed by atoms with Crippen LogP contribution in [0.1, 0.15) is 37.3 Å². The van der Waals surface area contributed by atoms with Crippen molar-refractivity contribution in [3.8, 4) is 0 Å². The zero-order valence-corrected chi connectivity index (χ0v) is 22.7. The number of fused-ring (bicyclic) bond motifs is 1. The lowest BCUT2D eigenvalue weighted by molar-refractivity contribution is 0.0523. The first-order chi connectivity index (χ1) is 18.9. The van der Waals surface area contributed by atoms with Crippen LogP contribution in [-0.2, 0) is 11.3 Å². The minimum atomic E-state index is -0.794. The molecule has 1 saturated heterocycles. The second kappa shape index (κ2) is 11.4. The molecule has 0 spiro atoms. The summed E-state index contributed by atoms with van der Waals surface area (Å²) in [5.74, 6) is -1.16. The van der Waals surface area contributed by atoms with Crippen LogP contribution in [-0.4, -0.2) is 64.9 Å². The molecule has 4 aromatic rings. The van der Waals surface area contributed by atoms with E-state index in [1.54, 1.807) is 54.3 Å². The topological polar surface area (TPSA) is 102 Å². The number of pyridine rings is 2. The van der Waals surface area contributed by atoms with Crippen molar-refractivity contribution in [1.82, 2.24) is 14.5 Å². The maximum absolute atomic E-state index is 13.9. The molecule has 5 rings (SSSR count). The average molecular weight is 565 g/mol. The van der Waals surface area contributed by atoms with E-state index in [2.05, 4.69) is 4.98 Å². The van der Waals surface area contributed by atoms with Gasteiger partial charge in [0.2, 0.25) is 0 Å². The number of carbonyl (C=O) groups is 3. The predicted octanol–water partition coefficient (Wildman–Crippen LogP) is 4.13. The first-order valence-electron chi connectivity index (χ1n) is 12.4. The van der Waals surface area contributed by atoms with Gasteiger partial charge < -0.3 is 14.5 Å². The molecule has 0 atom stereocenters. The lowest BCUT2D eigenvalue weighted by atomic mass is 10.1. The van der Waals surface area contributed by atoms with Crippen LogP contribution in [0, 0.1) is 0 Å². The fraction of sp³-hybridized carbons (Fsp3) is 0.250. The van der Waals surface area contributed by atoms with Gasteiger partial charge in [-0.1, -0.05) is 48.0 Å². The van der Waals surface area contributed by atoms with Gasteiger partial charge in [-0.2, -0.15) is 0 Å². The van der Waals surface area contributed by atoms with Gasteiger partial charge in [-0.15, -0.1) is 11.3 Å². The Bertz CT molecular complexity index is 1600. The van der Waals surface area contributed by atoms with Gasteiger partial charge in [-0.25, -0.2) is 9.78 Å². The van der Waals surface area contributed by atoms with Crippen LogP contribution in [0.15, 0.2) is 64.9 Å². The summed E-state index contributed by atoms with van der Waals surface area (Å²) in [5, 5.41) is 2.61. The molecule has 0 saturated carbocycles. The van der Waals surface area contributed by atoms with Crippen molar-refractivity contribution in [3.05, 3.63) is 91.5 Å². The van der Waals surface area contributed by atoms with Crippen LogP contribution in [0.2, 0.25) is 5.02 Å². The number of piperazine rings is 1. The van der Waals surface area contributed by atoms with Gasteiger partial charge in [0.25, 0.3) is 11.5 Å². The highest BCUT2D eigenvalue weighted by Crippen LogP contribution is 2.32. The molecule has 3 aromatic heterocycles. The highest BCUT2D eigenvalue weighted by Gasteiger charge is 2.31. The first kappa shape index (κ1) is 26.6. The minimum absolute atomic E-state index is 0.0559. The Morgan fingerprint density at radius 2 is 1.79 bits per heavy atom. The Labute approximate surface area is 233 Å². The summed E-state index contributed by atoms with van der Waals surface area (Å²) in [7, 11) is 0. The van der Waals surface area contributed by atoms with Gasteiger partial charge in [0.1, 0.15) is 11.2 Å². The van der Waals surface area contributed by atoms with Crippen molar-refractivity contribution < 1.29 is 19.1 Å². The van der Waals surface area contributed by atoms with Crippen LogP contribution in [0.4, 0.5) is 5.69 Å². The summed E-state index contributed by atoms with van der Waals surface area (Å²) in [6.45, 7) is 2.94. The highest BCUT2D eigenvalue weighted by molar-refractivity contribution is 7.12. The number of hydrogen-bond acceptors (Lipinski definition) is 8. The summed E-state index contributed by atoms with van der Waals surface area (Å²) < 4.78 is 6.49. The number of ketones is 1. The smallest absolute Gasteiger partial charge is 0.345 e. The van der Waals surface area contributed by atoms with Gasteiger partial charge in [-0.3, -0.25) is 19.0 Å². The van der Waals surface area contributed by atoms with E-state index >= 15 is 0 Å². The standard InChI is InChI=1S/C28H25ClN4O5S/c1-2-38-28(37)23-24(31-10-12-32(13-11-31)26(35)22-9-6-14-39-22)20-15-19(29)16-30-25(20)33(27(23)36)17-21(34)18-7-4-3-5-8-18/h3-9,14-16H,2,10-13,17H2,1H3. The number of anilines is 1. The van der Waals surface area contributed by atoms with E-state index < -0.39 is 11.5 Å². The number of amides is 1. The third kappa shape index (κ3) is 5.30. The maximum atomic E-state index is 13.9. The molecule has 0 N–H and O–H groups in total. The molecule has 1 aliphatic heterocycles. The molecule has 1 amide bonds. The molecular formula is C28H25ClN4O5S. The Morgan fingerprint density at radius 3 is 2.46 bits per heavy atom. The lowest BCUT2D eigenvalue weighted by Gasteiger charge is -2.37. The third-order valence-corrected chi connectivity index (χ3v) is 7.60. The molecule has 0 bridgehead atoms. The second-order valence-corrected chi connectivity index (χ2v) is 10.3. The third-order valence-electron chi connectivity index (χ3n) is 6.53. The van der Waals surface area contributed by atoms with Crippen molar-refractivity contribution in [2.75, 3.05) is 37.7 Å². The number of benzene rings is 1. The minimum Gasteiger partial charge on any atom is -0.462 e. The first-order valence-corrected chi connectivity index (χ1v) is 13.7. The van der Waals surface area contributed by atoms with Crippen LogP contribution in [0.5, 0.6) is 0 Å². The number of nitrogens with zero attached hydrogens (tertiary/aromatic N) is 4. The number of aromatic nitrogens is 2. The van der Waals surface area contributed by atoms with Crippen molar-refractivity contribution in [1.29, 1.82) is 0 Å². The molecule has 1 fully saturated rings. The average Bonchev–Trinajstić information content (AvgIpc) is 3.49. The summed E-state index contributed by atoms with van der Waals surface area (Å²) in [4.78, 5) is 61.8. The zero-order chi connectivity index (χ0) is 27.5. The van der Waals surface area contributed by atoms with E-state index in [1.165, 1.54) is 22.1 Å². The quantitative estimate of drug-likeness (QED) is 0.246. The molecule has 0 aliphatic carbocycles. The normalized spacial score (nSPS) is 13.5. The van der Waals surface area contributed by atoms with E-state index in [4.69, 9.17) is 16.3 Å². The van der Waals surface area contributed by atoms with Crippen molar-refractivity contribution >= 4 is 57.3 Å². The number of Topliss-reactive ketones (excluding diaryl/α,β-unsaturated/α-hetero) is 1. The summed E-state index contributed by atoms with van der Waals surface area (Å²) in [5.41, 5.74) is 0.142. The molecule has 1 aliphatic rings. The summed E-state index contributed by atoms with van der Waals surface area (Å²) >= 11 is 7.72. The van der Waals surface area contributed by atoms with Crippen LogP contribution in [0.25, 0.3) is 11.0 Å². The van der Waals surface area contributed by atoms with E-state index in [0.29, 0.717) is 52.7 Å². The summed E-state index contributed by atoms with van der Waals surface area (Å²) in [6, 6.07) is 13.9. The molecule has 11 heteroatoms. The fourth-order valence-corrected chi connectivity index (χ4v) is 5.55. The number of esters is 1. The van der Waals surface area contributed by atoms with E-state index in [-0.39, 0.29) is 36.1 Å². The van der Waals surface area contributed by atoms with E-state index in [1.807, 2.05) is 16.3 Å².